The summed E-state index contributed by atoms with van der Waals surface area (Å²) in [5, 5.41) is 2.78. The van der Waals surface area contributed by atoms with Crippen molar-refractivity contribution in [3.05, 3.63) is 118 Å². The molecular weight excluding hydrogens is 623 g/mol. The lowest BCUT2D eigenvalue weighted by Crippen LogP contribution is -2.38. The maximum atomic E-state index is 2.71. The van der Waals surface area contributed by atoms with Crippen LogP contribution in [0.25, 0.3) is 10.1 Å². The van der Waals surface area contributed by atoms with E-state index in [1.165, 1.54) is 61.6 Å². The minimum atomic E-state index is 0.198. The van der Waals surface area contributed by atoms with Gasteiger partial charge in [0.2, 0.25) is 0 Å². The zero-order valence-corrected chi connectivity index (χ0v) is 33.3. The molecule has 50 heavy (non-hydrogen) atoms. The van der Waals surface area contributed by atoms with E-state index in [2.05, 4.69) is 165 Å². The van der Waals surface area contributed by atoms with E-state index in [9.17, 15) is 0 Å². The molecule has 0 amide bonds. The van der Waals surface area contributed by atoms with Gasteiger partial charge >= 0.3 is 0 Å². The first-order valence-corrected chi connectivity index (χ1v) is 20.1. The Kier molecular flexibility index (Phi) is 11.1. The van der Waals surface area contributed by atoms with E-state index >= 15 is 0 Å². The van der Waals surface area contributed by atoms with Gasteiger partial charge in [0.15, 0.2) is 7.28 Å². The second kappa shape index (κ2) is 15.2. The van der Waals surface area contributed by atoms with Gasteiger partial charge in [-0.2, -0.15) is 0 Å². The first kappa shape index (κ1) is 36.6. The predicted molar refractivity (Wildman–Crippen MR) is 222 cm³/mol. The monoisotopic (exact) mass is 683 g/mol. The van der Waals surface area contributed by atoms with Crippen LogP contribution in [0.3, 0.4) is 0 Å². The highest BCUT2D eigenvalue weighted by molar-refractivity contribution is 7.24. The summed E-state index contributed by atoms with van der Waals surface area (Å²) in [6.07, 6.45) is 20.3. The molecule has 1 aliphatic heterocycles. The van der Waals surface area contributed by atoms with Crippen LogP contribution in [-0.4, -0.2) is 18.2 Å². The van der Waals surface area contributed by atoms with Gasteiger partial charge in [0.25, 0.3) is 0 Å². The van der Waals surface area contributed by atoms with Crippen LogP contribution >= 0.6 is 11.3 Å². The number of hydrogen-bond acceptors (Lipinski definition) is 3. The minimum Gasteiger partial charge on any atom is -0.342 e. The summed E-state index contributed by atoms with van der Waals surface area (Å²) in [7, 11) is 2.44. The Morgan fingerprint density at radius 1 is 1.00 bits per heavy atom. The van der Waals surface area contributed by atoms with Crippen molar-refractivity contribution >= 4 is 39.2 Å². The average Bonchev–Trinajstić information content (AvgIpc) is 3.42. The molecule has 2 aromatic carbocycles. The molecule has 1 radical (unpaired) electrons. The first-order valence-electron chi connectivity index (χ1n) is 19.3. The molecule has 3 atom stereocenters. The van der Waals surface area contributed by atoms with Gasteiger partial charge in [-0.25, -0.2) is 0 Å². The highest BCUT2D eigenvalue weighted by Gasteiger charge is 2.31. The molecule has 6 rings (SSSR count). The highest BCUT2D eigenvalue weighted by atomic mass is 32.1. The van der Waals surface area contributed by atoms with Gasteiger partial charge in [-0.15, -0.1) is 11.3 Å². The molecule has 2 heterocycles. The Balaban J connectivity index is 1.55. The van der Waals surface area contributed by atoms with Gasteiger partial charge in [0.05, 0.1) is 11.0 Å². The second-order valence-electron chi connectivity index (χ2n) is 17.2. The summed E-state index contributed by atoms with van der Waals surface area (Å²) in [4.78, 5) is 5.23. The zero-order chi connectivity index (χ0) is 35.7. The number of nitrogens with zero attached hydrogens (tertiary/aromatic N) is 2. The minimum absolute atomic E-state index is 0.198. The molecule has 2 aliphatic carbocycles. The van der Waals surface area contributed by atoms with Crippen molar-refractivity contribution in [3.8, 4) is 0 Å². The maximum Gasteiger partial charge on any atom is 0.188 e. The second-order valence-corrected chi connectivity index (χ2v) is 18.3. The van der Waals surface area contributed by atoms with E-state index in [4.69, 9.17) is 0 Å². The van der Waals surface area contributed by atoms with E-state index in [0.717, 1.165) is 25.8 Å². The third-order valence-corrected chi connectivity index (χ3v) is 12.1. The largest absolute Gasteiger partial charge is 0.342 e. The van der Waals surface area contributed by atoms with Gasteiger partial charge in [0, 0.05) is 28.3 Å². The number of benzene rings is 2. The molecule has 3 aromatic rings. The lowest BCUT2D eigenvalue weighted by atomic mass is 9.67. The third kappa shape index (κ3) is 8.12. The van der Waals surface area contributed by atoms with Crippen LogP contribution in [0.4, 0.5) is 5.00 Å². The van der Waals surface area contributed by atoms with E-state index in [-0.39, 0.29) is 11.5 Å². The fourth-order valence-electron chi connectivity index (χ4n) is 7.68. The smallest absolute Gasteiger partial charge is 0.188 e. The van der Waals surface area contributed by atoms with E-state index in [1.807, 2.05) is 11.3 Å². The summed E-state index contributed by atoms with van der Waals surface area (Å²) in [6.45, 7) is 24.2. The number of hydrogen-bond donors (Lipinski definition) is 0. The molecule has 4 heteroatoms. The fraction of sp³-hybridized carbons (Fsp3) is 0.478. The van der Waals surface area contributed by atoms with Gasteiger partial charge in [-0.3, -0.25) is 0 Å². The summed E-state index contributed by atoms with van der Waals surface area (Å²) in [5.41, 5.74) is 11.3. The Hall–Kier alpha value is -3.24. The number of anilines is 1. The summed E-state index contributed by atoms with van der Waals surface area (Å²) < 4.78 is 1.42. The molecule has 0 saturated carbocycles. The van der Waals surface area contributed by atoms with Crippen LogP contribution < -0.4 is 10.4 Å². The molecule has 0 N–H and O–H groups in total. The SMILES string of the molecule is C/C1=C/[B]c2c(sc3cc4c(cc23)C(C)CCC4C)N(C(/C=C\CC(C)C)=C/CC(C)(C)C)C2C=C(C=CC2)N1Cc1ccc(C(C)C)cc1. The van der Waals surface area contributed by atoms with Crippen molar-refractivity contribution in [2.24, 2.45) is 11.3 Å². The molecule has 0 saturated heterocycles. The molecule has 1 aromatic heterocycles. The number of thiophene rings is 1. The van der Waals surface area contributed by atoms with Crippen LogP contribution in [0.1, 0.15) is 141 Å². The van der Waals surface area contributed by atoms with E-state index in [1.54, 1.807) is 11.1 Å². The molecule has 2 nitrogen and oxygen atoms in total. The normalized spacial score (nSPS) is 22.5. The van der Waals surface area contributed by atoms with Crippen molar-refractivity contribution < 1.29 is 0 Å². The number of allylic oxidation sites excluding steroid dienone is 5. The van der Waals surface area contributed by atoms with Gasteiger partial charge in [0.1, 0.15) is 0 Å². The van der Waals surface area contributed by atoms with Gasteiger partial charge in [-0.1, -0.05) is 117 Å². The first-order chi connectivity index (χ1) is 23.8. The van der Waals surface area contributed by atoms with Crippen molar-refractivity contribution in [1.82, 2.24) is 4.90 Å². The van der Waals surface area contributed by atoms with Crippen LogP contribution in [0.15, 0.2) is 95.9 Å². The Labute approximate surface area is 309 Å². The Morgan fingerprint density at radius 2 is 1.70 bits per heavy atom. The van der Waals surface area contributed by atoms with Gasteiger partial charge < -0.3 is 9.80 Å². The average molecular weight is 684 g/mol. The molecular formula is C46H60BN2S. The van der Waals surface area contributed by atoms with Crippen LogP contribution in [-0.2, 0) is 6.54 Å². The van der Waals surface area contributed by atoms with E-state index < -0.39 is 0 Å². The van der Waals surface area contributed by atoms with Gasteiger partial charge in [-0.05, 0) is 126 Å². The summed E-state index contributed by atoms with van der Waals surface area (Å²) in [6, 6.07) is 14.6. The topological polar surface area (TPSA) is 6.48 Å². The van der Waals surface area contributed by atoms with Crippen LogP contribution in [0, 0.1) is 11.3 Å². The number of fused-ring (bicyclic) bond motifs is 5. The molecule has 2 bridgehead atoms. The zero-order valence-electron chi connectivity index (χ0n) is 32.5. The highest BCUT2D eigenvalue weighted by Crippen LogP contribution is 2.44. The van der Waals surface area contributed by atoms with Crippen molar-refractivity contribution in [2.75, 3.05) is 4.90 Å². The molecule has 3 aliphatic rings. The molecule has 0 spiro atoms. The molecule has 3 unspecified atom stereocenters. The Bertz CT molecular complexity index is 1820. The fourth-order valence-corrected chi connectivity index (χ4v) is 8.98. The predicted octanol–water partition coefficient (Wildman–Crippen LogP) is 12.7. The Morgan fingerprint density at radius 3 is 2.36 bits per heavy atom. The van der Waals surface area contributed by atoms with Crippen molar-refractivity contribution in [1.29, 1.82) is 0 Å². The molecule has 0 fully saturated rings. The molecule has 263 valence electrons. The van der Waals surface area contributed by atoms with Crippen LogP contribution in [0.2, 0.25) is 0 Å². The summed E-state index contributed by atoms with van der Waals surface area (Å²) in [5.74, 6) is 4.75. The summed E-state index contributed by atoms with van der Waals surface area (Å²) >= 11 is 2.00. The lowest BCUT2D eigenvalue weighted by molar-refractivity contribution is 0.419. The van der Waals surface area contributed by atoms with Crippen molar-refractivity contribution in [3.63, 3.8) is 0 Å². The van der Waals surface area contributed by atoms with Crippen LogP contribution in [0.5, 0.6) is 0 Å². The quantitative estimate of drug-likeness (QED) is 0.172. The van der Waals surface area contributed by atoms with Crippen molar-refractivity contribution in [2.45, 2.75) is 132 Å². The number of rotatable bonds is 8. The standard InChI is InChI=1S/C46H60BN2S/c1-30(2)13-11-14-37(23-24-46(8,9)10)49-39-16-12-15-38(25-39)48(29-35-19-21-36(22-20-35)31(3)4)34(7)28-47-44-42-26-40-32(5)17-18-33(6)41(40)27-43(42)50-45(44)49/h11-12,14-15,19-23,25-28,30-33,39H,13,16-18,24,29H2,1-10H3/b14-11-,34-28-,37-23+. The third-order valence-electron chi connectivity index (χ3n) is 10.9. The maximum absolute atomic E-state index is 2.71. The lowest BCUT2D eigenvalue weighted by Gasteiger charge is -2.37. The van der Waals surface area contributed by atoms with E-state index in [0.29, 0.717) is 23.7 Å².